The molecule has 1 amide bonds. The Morgan fingerprint density at radius 2 is 0.576 bits per heavy atom. The lowest BCUT2D eigenvalue weighted by Crippen LogP contribution is -2.34. The summed E-state index contributed by atoms with van der Waals surface area (Å²) in [7, 11) is 0. The van der Waals surface area contributed by atoms with Crippen molar-refractivity contribution in [2.24, 2.45) is 0 Å². The molecule has 0 aliphatic carbocycles. The summed E-state index contributed by atoms with van der Waals surface area (Å²) in [4.78, 5) is 23.5. The highest BCUT2D eigenvalue weighted by atomic mass is 16.6. The molecule has 17 heteroatoms. The molecule has 0 aliphatic rings. The Labute approximate surface area is 400 Å². The Kier molecular flexibility index (Phi) is 52.8. The third-order valence-corrected chi connectivity index (χ3v) is 9.48. The van der Waals surface area contributed by atoms with E-state index in [2.05, 4.69) is 12.2 Å². The lowest BCUT2D eigenvalue weighted by molar-refractivity contribution is -0.145. The molecule has 0 spiro atoms. The van der Waals surface area contributed by atoms with Gasteiger partial charge in [-0.15, -0.1) is 0 Å². The van der Waals surface area contributed by atoms with Crippen LogP contribution in [0.2, 0.25) is 0 Å². The Bertz CT molecular complexity index is 977. The van der Waals surface area contributed by atoms with Crippen molar-refractivity contribution >= 4 is 12.1 Å². The molecule has 394 valence electrons. The van der Waals surface area contributed by atoms with Crippen molar-refractivity contribution in [3.05, 3.63) is 0 Å². The average Bonchev–Trinajstić information content (AvgIpc) is 3.29. The van der Waals surface area contributed by atoms with Gasteiger partial charge in [0, 0.05) is 13.0 Å². The van der Waals surface area contributed by atoms with E-state index in [4.69, 9.17) is 66.3 Å². The van der Waals surface area contributed by atoms with E-state index < -0.39 is 11.7 Å². The number of hydrogen-bond donors (Lipinski definition) is 1. The fourth-order valence-electron chi connectivity index (χ4n) is 5.99. The number of carbonyl (C=O) groups excluding carboxylic acids is 2. The number of amides is 1. The van der Waals surface area contributed by atoms with Crippen molar-refractivity contribution in [2.45, 2.75) is 136 Å². The van der Waals surface area contributed by atoms with Crippen molar-refractivity contribution in [1.29, 1.82) is 0 Å². The van der Waals surface area contributed by atoms with Gasteiger partial charge in [0.15, 0.2) is 0 Å². The van der Waals surface area contributed by atoms with E-state index in [0.29, 0.717) is 172 Å². The highest BCUT2D eigenvalue weighted by molar-refractivity contribution is 5.69. The molecule has 0 rings (SSSR count). The lowest BCUT2D eigenvalue weighted by Gasteiger charge is -2.19. The van der Waals surface area contributed by atoms with Crippen LogP contribution in [-0.4, -0.2) is 189 Å². The van der Waals surface area contributed by atoms with Crippen molar-refractivity contribution in [2.75, 3.05) is 172 Å². The molecule has 0 aromatic heterocycles. The third kappa shape index (κ3) is 58.4. The molecule has 0 saturated heterocycles. The number of carbonyl (C=O) groups is 2. The van der Waals surface area contributed by atoms with E-state index in [1.807, 2.05) is 20.8 Å². The lowest BCUT2D eigenvalue weighted by atomic mass is 10.0. The zero-order valence-corrected chi connectivity index (χ0v) is 42.2. The van der Waals surface area contributed by atoms with Crippen LogP contribution in [0.5, 0.6) is 0 Å². The Morgan fingerprint density at radius 3 is 0.848 bits per heavy atom. The second-order valence-electron chi connectivity index (χ2n) is 16.7. The van der Waals surface area contributed by atoms with Crippen LogP contribution in [0.1, 0.15) is 130 Å². The SMILES string of the molecule is CCCCCCCCCCCCCCCCCC(=O)OCCOCCOCCOCCOCCOCCOCCOCCOCCOCCOCCOCCOCCNC(=O)OC(C)(C)C. The van der Waals surface area contributed by atoms with E-state index in [1.165, 1.54) is 83.5 Å². The van der Waals surface area contributed by atoms with Crippen LogP contribution in [0.3, 0.4) is 0 Å². The van der Waals surface area contributed by atoms with E-state index in [0.717, 1.165) is 12.8 Å². The maximum atomic E-state index is 11.9. The predicted octanol–water partition coefficient (Wildman–Crippen LogP) is 7.52. The minimum absolute atomic E-state index is 0.135. The summed E-state index contributed by atoms with van der Waals surface area (Å²) in [6.45, 7) is 19.6. The summed E-state index contributed by atoms with van der Waals surface area (Å²) in [6, 6.07) is 0. The maximum absolute atomic E-state index is 11.9. The number of rotatable bonds is 55. The van der Waals surface area contributed by atoms with Gasteiger partial charge in [0.25, 0.3) is 0 Å². The molecule has 0 bridgehead atoms. The zero-order valence-electron chi connectivity index (χ0n) is 42.2. The summed E-state index contributed by atoms with van der Waals surface area (Å²) < 4.78 is 76.3. The molecule has 1 N–H and O–H groups in total. The molecular formula is C49H97NO16. The maximum Gasteiger partial charge on any atom is 0.407 e. The molecule has 0 radical (unpaired) electrons. The topological polar surface area (TPSA) is 175 Å². The molecular weight excluding hydrogens is 859 g/mol. The van der Waals surface area contributed by atoms with Gasteiger partial charge in [-0.25, -0.2) is 4.79 Å². The molecule has 0 heterocycles. The van der Waals surface area contributed by atoms with E-state index in [-0.39, 0.29) is 12.6 Å². The summed E-state index contributed by atoms with van der Waals surface area (Å²) in [6.07, 6.45) is 19.7. The Hall–Kier alpha value is -1.74. The smallest absolute Gasteiger partial charge is 0.407 e. The zero-order chi connectivity index (χ0) is 48.0. The Balaban J connectivity index is 3.15. The quantitative estimate of drug-likeness (QED) is 0.0468. The number of hydrogen-bond acceptors (Lipinski definition) is 16. The van der Waals surface area contributed by atoms with Crippen LogP contribution in [0.4, 0.5) is 4.79 Å². The first-order chi connectivity index (χ1) is 32.3. The van der Waals surface area contributed by atoms with Gasteiger partial charge in [-0.05, 0) is 27.2 Å². The number of unbranched alkanes of at least 4 members (excludes halogenated alkanes) is 14. The van der Waals surface area contributed by atoms with E-state index in [1.54, 1.807) is 0 Å². The van der Waals surface area contributed by atoms with Gasteiger partial charge in [0.05, 0.1) is 159 Å². The van der Waals surface area contributed by atoms with Crippen molar-refractivity contribution in [3.8, 4) is 0 Å². The van der Waals surface area contributed by atoms with Gasteiger partial charge in [-0.2, -0.15) is 0 Å². The first-order valence-corrected chi connectivity index (χ1v) is 25.4. The highest BCUT2D eigenvalue weighted by Gasteiger charge is 2.15. The number of esters is 1. The normalized spacial score (nSPS) is 11.7. The molecule has 66 heavy (non-hydrogen) atoms. The van der Waals surface area contributed by atoms with Crippen molar-refractivity contribution < 1.29 is 75.9 Å². The highest BCUT2D eigenvalue weighted by Crippen LogP contribution is 2.14. The largest absolute Gasteiger partial charge is 0.463 e. The fraction of sp³-hybridized carbons (Fsp3) is 0.959. The summed E-state index contributed by atoms with van der Waals surface area (Å²) in [5.41, 5.74) is -0.517. The minimum Gasteiger partial charge on any atom is -0.463 e. The van der Waals surface area contributed by atoms with Crippen LogP contribution in [-0.2, 0) is 71.1 Å². The Morgan fingerprint density at radius 1 is 0.333 bits per heavy atom. The molecule has 0 aromatic carbocycles. The summed E-state index contributed by atoms with van der Waals surface area (Å²) in [5.74, 6) is -0.135. The van der Waals surface area contributed by atoms with Crippen LogP contribution >= 0.6 is 0 Å². The van der Waals surface area contributed by atoms with Gasteiger partial charge in [0.1, 0.15) is 12.2 Å². The van der Waals surface area contributed by atoms with Crippen molar-refractivity contribution in [1.82, 2.24) is 5.32 Å². The third-order valence-electron chi connectivity index (χ3n) is 9.48. The molecule has 0 unspecified atom stereocenters. The van der Waals surface area contributed by atoms with Gasteiger partial charge in [0.2, 0.25) is 0 Å². The summed E-state index contributed by atoms with van der Waals surface area (Å²) in [5, 5.41) is 2.63. The number of alkyl carbamates (subject to hydrolysis) is 1. The second-order valence-corrected chi connectivity index (χ2v) is 16.7. The van der Waals surface area contributed by atoms with Gasteiger partial charge in [-0.1, -0.05) is 96.8 Å². The number of ether oxygens (including phenoxy) is 14. The molecule has 0 atom stereocenters. The summed E-state index contributed by atoms with van der Waals surface area (Å²) >= 11 is 0. The van der Waals surface area contributed by atoms with Gasteiger partial charge in [-0.3, -0.25) is 4.79 Å². The standard InChI is InChI=1S/C49H97NO16/c1-5-6-7-8-9-10-11-12-13-14-15-16-17-18-19-20-47(51)65-46-45-64-44-43-63-42-41-62-40-39-61-38-37-60-36-35-59-34-33-58-32-31-57-30-29-56-28-27-55-26-25-54-24-23-53-22-21-50-48(52)66-49(2,3)4/h5-46H2,1-4H3,(H,50,52). The molecule has 0 aromatic rings. The van der Waals surface area contributed by atoms with Crippen LogP contribution in [0.25, 0.3) is 0 Å². The number of nitrogens with one attached hydrogen (secondary N) is 1. The first-order valence-electron chi connectivity index (χ1n) is 25.4. The van der Waals surface area contributed by atoms with Gasteiger partial charge >= 0.3 is 12.1 Å². The average molecular weight is 956 g/mol. The van der Waals surface area contributed by atoms with Gasteiger partial charge < -0.3 is 71.6 Å². The molecule has 0 saturated carbocycles. The minimum atomic E-state index is -0.517. The van der Waals surface area contributed by atoms with Crippen LogP contribution in [0.15, 0.2) is 0 Å². The van der Waals surface area contributed by atoms with Crippen molar-refractivity contribution in [3.63, 3.8) is 0 Å². The molecule has 0 fully saturated rings. The molecule has 0 aliphatic heterocycles. The van der Waals surface area contributed by atoms with Crippen LogP contribution in [0, 0.1) is 0 Å². The first kappa shape index (κ1) is 64.3. The molecule has 17 nitrogen and oxygen atoms in total. The fourth-order valence-corrected chi connectivity index (χ4v) is 5.99. The van der Waals surface area contributed by atoms with E-state index in [9.17, 15) is 9.59 Å². The second kappa shape index (κ2) is 54.2. The van der Waals surface area contributed by atoms with Crippen LogP contribution < -0.4 is 5.32 Å². The van der Waals surface area contributed by atoms with E-state index >= 15 is 0 Å². The predicted molar refractivity (Wildman–Crippen MR) is 255 cm³/mol. The monoisotopic (exact) mass is 956 g/mol.